The van der Waals surface area contributed by atoms with E-state index in [1.807, 2.05) is 0 Å². The first-order valence-electron chi connectivity index (χ1n) is 7.15. The molecule has 0 bridgehead atoms. The molecule has 1 aromatic rings. The second-order valence-electron chi connectivity index (χ2n) is 5.18. The molecule has 160 valence electrons. The van der Waals surface area contributed by atoms with E-state index in [0.29, 0.717) is 5.56 Å². The molecule has 0 aliphatic carbocycles. The topological polar surface area (TPSA) is 254 Å². The van der Waals surface area contributed by atoms with Crippen LogP contribution in [0.1, 0.15) is 5.56 Å². The Morgan fingerprint density at radius 3 is 1.54 bits per heavy atom. The van der Waals surface area contributed by atoms with Crippen LogP contribution in [-0.2, 0) is 25.1 Å². The highest BCUT2D eigenvalue weighted by Crippen LogP contribution is 2.30. The summed E-state index contributed by atoms with van der Waals surface area (Å²) in [6.07, 6.45) is -0.0965. The van der Waals surface area contributed by atoms with E-state index >= 15 is 0 Å². The molecule has 0 spiro atoms. The summed E-state index contributed by atoms with van der Waals surface area (Å²) in [6.45, 7) is -0.875. The largest absolute Gasteiger partial charge is 0.508 e. The summed E-state index contributed by atoms with van der Waals surface area (Å²) in [5.41, 5.74) is 0.538. The predicted octanol–water partition coefficient (Wildman–Crippen LogP) is -1.82. The summed E-state index contributed by atoms with van der Waals surface area (Å²) in [6, 6.07) is 2.67. The molecular weight excluding hydrogens is 426 g/mol. The number of aliphatic hydroxyl groups is 1. The molecule has 0 aliphatic heterocycles. The maximum Gasteiger partial charge on any atom is 0.401 e. The highest BCUT2D eigenvalue weighted by Gasteiger charge is 2.26. The number of carboxylic acid groups (broad SMARTS) is 2. The third-order valence-electron chi connectivity index (χ3n) is 2.80. The normalized spacial score (nSPS) is 13.8. The van der Waals surface area contributed by atoms with Crippen molar-refractivity contribution >= 4 is 27.4 Å². The molecule has 2 atom stereocenters. The van der Waals surface area contributed by atoms with E-state index in [1.165, 1.54) is 29.4 Å². The Morgan fingerprint density at radius 2 is 1.25 bits per heavy atom. The van der Waals surface area contributed by atoms with Crippen molar-refractivity contribution in [2.24, 2.45) is 0 Å². The second-order valence-corrected chi connectivity index (χ2v) is 7.87. The van der Waals surface area contributed by atoms with Crippen molar-refractivity contribution < 1.29 is 58.7 Å². The van der Waals surface area contributed by atoms with Crippen LogP contribution in [-0.4, -0.2) is 70.6 Å². The van der Waals surface area contributed by atoms with Crippen molar-refractivity contribution in [3.05, 3.63) is 29.8 Å². The molecule has 16 heteroatoms. The molecule has 28 heavy (non-hydrogen) atoms. The summed E-state index contributed by atoms with van der Waals surface area (Å²) in [5, 5.41) is 37.4. The number of aliphatic hydroxyl groups excluding tert-OH is 1. The van der Waals surface area contributed by atoms with Gasteiger partial charge in [0.15, 0.2) is 0 Å². The Labute approximate surface area is 157 Å². The van der Waals surface area contributed by atoms with Crippen LogP contribution in [0.15, 0.2) is 24.3 Å². The van der Waals surface area contributed by atoms with Gasteiger partial charge in [0, 0.05) is 0 Å². The number of aliphatic carboxylic acids is 2. The molecule has 0 aliphatic rings. The van der Waals surface area contributed by atoms with Gasteiger partial charge in [0.25, 0.3) is 0 Å². The van der Waals surface area contributed by atoms with Crippen molar-refractivity contribution in [2.75, 3.05) is 6.61 Å². The third-order valence-corrected chi connectivity index (χ3v) is 4.10. The summed E-state index contributed by atoms with van der Waals surface area (Å²) >= 11 is 0. The molecular formula is C12H20N2O12P2. The Morgan fingerprint density at radius 1 is 0.857 bits per heavy atom. The molecule has 10 N–H and O–H groups in total. The van der Waals surface area contributed by atoms with Crippen LogP contribution in [0.3, 0.4) is 0 Å². The van der Waals surface area contributed by atoms with Crippen molar-refractivity contribution in [2.45, 2.75) is 18.5 Å². The fourth-order valence-electron chi connectivity index (χ4n) is 1.64. The minimum atomic E-state index is -4.60. The van der Waals surface area contributed by atoms with E-state index in [0.717, 1.165) is 0 Å². The summed E-state index contributed by atoms with van der Waals surface area (Å²) in [7, 11) is -9.19. The van der Waals surface area contributed by atoms with Gasteiger partial charge in [0.05, 0.1) is 6.61 Å². The average Bonchev–Trinajstić information content (AvgIpc) is 2.52. The number of phenols is 1. The van der Waals surface area contributed by atoms with Gasteiger partial charge in [-0.15, -0.1) is 0 Å². The zero-order valence-corrected chi connectivity index (χ0v) is 15.8. The van der Waals surface area contributed by atoms with Crippen LogP contribution in [0.2, 0.25) is 0 Å². The highest BCUT2D eigenvalue weighted by molar-refractivity contribution is 7.49. The first kappa shape index (κ1) is 26.1. The van der Waals surface area contributed by atoms with Gasteiger partial charge in [-0.25, -0.2) is 19.3 Å². The monoisotopic (exact) mass is 446 g/mol. The first-order chi connectivity index (χ1) is 12.6. The maximum atomic E-state index is 10.8. The Balaban J connectivity index is 0.000000576. The van der Waals surface area contributed by atoms with Gasteiger partial charge in [0.1, 0.15) is 17.8 Å². The van der Waals surface area contributed by atoms with Crippen molar-refractivity contribution in [3.63, 3.8) is 0 Å². The van der Waals surface area contributed by atoms with E-state index in [4.69, 9.17) is 40.0 Å². The number of aromatic hydroxyl groups is 1. The molecule has 0 saturated heterocycles. The zero-order chi connectivity index (χ0) is 22.1. The predicted molar refractivity (Wildman–Crippen MR) is 92.1 cm³/mol. The van der Waals surface area contributed by atoms with Gasteiger partial charge in [-0.05, 0) is 24.1 Å². The highest BCUT2D eigenvalue weighted by atomic mass is 31.2. The van der Waals surface area contributed by atoms with Gasteiger partial charge >= 0.3 is 27.4 Å². The lowest BCUT2D eigenvalue weighted by Crippen LogP contribution is -2.37. The molecule has 14 nitrogen and oxygen atoms in total. The van der Waals surface area contributed by atoms with Crippen LogP contribution >= 0.6 is 15.5 Å². The van der Waals surface area contributed by atoms with E-state index < -0.39 is 46.1 Å². The lowest BCUT2D eigenvalue weighted by Gasteiger charge is -2.15. The number of rotatable bonds is 9. The van der Waals surface area contributed by atoms with Gasteiger partial charge in [-0.1, -0.05) is 12.1 Å². The van der Waals surface area contributed by atoms with E-state index in [9.17, 15) is 18.7 Å². The average molecular weight is 446 g/mol. The van der Waals surface area contributed by atoms with Gasteiger partial charge in [-0.3, -0.25) is 9.59 Å². The number of benzene rings is 1. The Hall–Kier alpha value is -1.86. The van der Waals surface area contributed by atoms with Crippen molar-refractivity contribution in [3.8, 4) is 5.75 Å². The first-order valence-corrected chi connectivity index (χ1v) is 10.4. The minimum Gasteiger partial charge on any atom is -0.508 e. The van der Waals surface area contributed by atoms with Crippen LogP contribution in [0.25, 0.3) is 0 Å². The zero-order valence-electron chi connectivity index (χ0n) is 14.0. The number of carboxylic acids is 2. The fraction of sp³-hybridized carbons (Fsp3) is 0.333. The lowest BCUT2D eigenvalue weighted by atomic mass is 10.1. The molecule has 0 saturated carbocycles. The summed E-state index contributed by atoms with van der Waals surface area (Å²) < 4.78 is 20.8. The maximum absolute atomic E-state index is 10.8. The molecule has 0 amide bonds. The lowest BCUT2D eigenvalue weighted by molar-refractivity contribution is -0.140. The van der Waals surface area contributed by atoms with E-state index in [2.05, 4.69) is 0 Å². The SMILES string of the molecule is O=C(O)[C@H](CO)NP(=O)(O)O.O=C(O)[C@H](Cc1ccc(O)cc1)NP(=O)(O)O. The van der Waals surface area contributed by atoms with Crippen LogP contribution < -0.4 is 10.2 Å². The Bertz CT molecular complexity index is 743. The number of nitrogens with one attached hydrogen (secondary N) is 2. The molecule has 0 aromatic heterocycles. The van der Waals surface area contributed by atoms with Crippen molar-refractivity contribution in [1.82, 2.24) is 10.2 Å². The van der Waals surface area contributed by atoms with Gasteiger partial charge in [0.2, 0.25) is 0 Å². The van der Waals surface area contributed by atoms with E-state index in [1.54, 1.807) is 5.09 Å². The number of hydrogen-bond donors (Lipinski definition) is 10. The summed E-state index contributed by atoms with van der Waals surface area (Å²) in [4.78, 5) is 54.5. The smallest absolute Gasteiger partial charge is 0.401 e. The molecule has 0 fully saturated rings. The van der Waals surface area contributed by atoms with Gasteiger partial charge < -0.3 is 40.0 Å². The molecule has 0 radical (unpaired) electrons. The standard InChI is InChI=1S/C9H12NO6P.C3H8NO6P/c11-7-3-1-6(2-4-7)5-8(9(12)13)10-17(14,15)16;5-1-2(3(6)7)4-11(8,9)10/h1-4,8,11H,5H2,(H,12,13)(H3,10,14,15,16);2,5H,1H2,(H,6,7)(H3,4,8,9,10)/t8-;2-/m00/s1. The van der Waals surface area contributed by atoms with Crippen LogP contribution in [0.5, 0.6) is 5.75 Å². The van der Waals surface area contributed by atoms with Gasteiger partial charge in [-0.2, -0.15) is 0 Å². The van der Waals surface area contributed by atoms with Crippen LogP contribution in [0, 0.1) is 0 Å². The number of hydrogen-bond acceptors (Lipinski definition) is 6. The molecule has 0 heterocycles. The third kappa shape index (κ3) is 12.5. The fourth-order valence-corrected chi connectivity index (χ4v) is 2.84. The van der Waals surface area contributed by atoms with Crippen molar-refractivity contribution in [1.29, 1.82) is 0 Å². The summed E-state index contributed by atoms with van der Waals surface area (Å²) in [5.74, 6) is -2.85. The molecule has 1 aromatic carbocycles. The quantitative estimate of drug-likeness (QED) is 0.188. The number of phenolic OH excluding ortho intramolecular Hbond substituents is 1. The minimum absolute atomic E-state index is 0.0311. The molecule has 1 rings (SSSR count). The Kier molecular flexibility index (Phi) is 10.5. The second kappa shape index (κ2) is 11.2. The van der Waals surface area contributed by atoms with E-state index in [-0.39, 0.29) is 12.2 Å². The molecule has 0 unspecified atom stereocenters. The number of carbonyl (C=O) groups is 2. The van der Waals surface area contributed by atoms with Crippen LogP contribution in [0.4, 0.5) is 0 Å².